The van der Waals surface area contributed by atoms with E-state index in [9.17, 15) is 14.0 Å². The summed E-state index contributed by atoms with van der Waals surface area (Å²) >= 11 is 1.50. The quantitative estimate of drug-likeness (QED) is 0.227. The van der Waals surface area contributed by atoms with Crippen molar-refractivity contribution in [2.75, 3.05) is 14.1 Å². The Hall–Kier alpha value is -3.50. The number of nitriles is 1. The van der Waals surface area contributed by atoms with E-state index in [1.807, 2.05) is 36.6 Å². The van der Waals surface area contributed by atoms with Crippen LogP contribution in [-0.2, 0) is 11.2 Å². The number of aliphatic imine (C=N–C) groups is 1. The van der Waals surface area contributed by atoms with Crippen LogP contribution in [0.3, 0.4) is 0 Å². The smallest absolute Gasteiger partial charge is 0.191 e. The van der Waals surface area contributed by atoms with Crippen LogP contribution < -0.4 is 5.73 Å². The van der Waals surface area contributed by atoms with Crippen molar-refractivity contribution in [3.63, 3.8) is 0 Å². The number of alkyl halides is 1. The van der Waals surface area contributed by atoms with E-state index >= 15 is 0 Å². The van der Waals surface area contributed by atoms with E-state index in [-0.39, 0.29) is 5.56 Å². The molecule has 182 valence electrons. The summed E-state index contributed by atoms with van der Waals surface area (Å²) in [7, 11) is 3.60. The molecule has 3 rings (SSSR count). The van der Waals surface area contributed by atoms with Crippen LogP contribution >= 0.6 is 11.3 Å². The molecule has 0 aliphatic rings. The lowest BCUT2D eigenvalue weighted by molar-refractivity contribution is 0.213. The average Bonchev–Trinajstić information content (AvgIpc) is 3.30. The van der Waals surface area contributed by atoms with Crippen molar-refractivity contribution >= 4 is 17.3 Å². The molecule has 0 fully saturated rings. The number of halogens is 2. The van der Waals surface area contributed by atoms with Gasteiger partial charge >= 0.3 is 0 Å². The average molecular weight is 493 g/mol. The molecule has 0 spiro atoms. The highest BCUT2D eigenvalue weighted by Crippen LogP contribution is 2.45. The number of nitrogens with zero attached hydrogens (tertiary/aromatic N) is 3. The van der Waals surface area contributed by atoms with Crippen molar-refractivity contribution in [2.45, 2.75) is 37.9 Å². The molecule has 0 aliphatic carbocycles. The SMILES string of the molecule is C=CC(c1ccc(C(C)(C)F)c(F)c1)C(C)(N=C(N)N(C)C)c1cc(-c2cccc(C#N)c2)cs1. The predicted octanol–water partition coefficient (Wildman–Crippen LogP) is 6.69. The number of hydrogen-bond acceptors (Lipinski definition) is 3. The van der Waals surface area contributed by atoms with Gasteiger partial charge in [-0.3, -0.25) is 0 Å². The van der Waals surface area contributed by atoms with E-state index < -0.39 is 22.9 Å². The minimum atomic E-state index is -1.80. The second-order valence-electron chi connectivity index (χ2n) is 9.33. The molecule has 2 aromatic carbocycles. The summed E-state index contributed by atoms with van der Waals surface area (Å²) in [6, 6.07) is 16.1. The summed E-state index contributed by atoms with van der Waals surface area (Å²) in [6.07, 6.45) is 1.72. The Morgan fingerprint density at radius 2 is 1.89 bits per heavy atom. The molecule has 2 unspecified atom stereocenters. The molecule has 2 N–H and O–H groups in total. The summed E-state index contributed by atoms with van der Waals surface area (Å²) in [5, 5.41) is 11.3. The topological polar surface area (TPSA) is 65.4 Å². The highest BCUT2D eigenvalue weighted by molar-refractivity contribution is 7.10. The third kappa shape index (κ3) is 5.44. The van der Waals surface area contributed by atoms with Gasteiger partial charge in [-0.15, -0.1) is 17.9 Å². The lowest BCUT2D eigenvalue weighted by Crippen LogP contribution is -2.36. The van der Waals surface area contributed by atoms with Gasteiger partial charge in [0.1, 0.15) is 17.0 Å². The summed E-state index contributed by atoms with van der Waals surface area (Å²) in [6.45, 7) is 8.61. The summed E-state index contributed by atoms with van der Waals surface area (Å²) < 4.78 is 29.4. The van der Waals surface area contributed by atoms with Crippen LogP contribution in [0.4, 0.5) is 8.78 Å². The first-order valence-electron chi connectivity index (χ1n) is 11.1. The maximum atomic E-state index is 15.0. The zero-order valence-corrected chi connectivity index (χ0v) is 21.5. The van der Waals surface area contributed by atoms with Gasteiger partial charge in [0, 0.05) is 30.5 Å². The predicted molar refractivity (Wildman–Crippen MR) is 141 cm³/mol. The lowest BCUT2D eigenvalue weighted by atomic mass is 9.79. The zero-order valence-electron chi connectivity index (χ0n) is 20.6. The Labute approximate surface area is 210 Å². The van der Waals surface area contributed by atoms with Gasteiger partial charge in [-0.1, -0.05) is 30.3 Å². The summed E-state index contributed by atoms with van der Waals surface area (Å²) in [5.74, 6) is -0.763. The molecule has 2 atom stereocenters. The Morgan fingerprint density at radius 3 is 2.46 bits per heavy atom. The number of benzene rings is 2. The van der Waals surface area contributed by atoms with Crippen LogP contribution in [-0.4, -0.2) is 25.0 Å². The number of nitrogens with two attached hydrogens (primary N) is 1. The van der Waals surface area contributed by atoms with E-state index in [2.05, 4.69) is 12.6 Å². The third-order valence-electron chi connectivity index (χ3n) is 6.06. The largest absolute Gasteiger partial charge is 0.370 e. The maximum Gasteiger partial charge on any atom is 0.191 e. The van der Waals surface area contributed by atoms with Crippen molar-refractivity contribution in [1.29, 1.82) is 5.26 Å². The molecule has 0 amide bonds. The molecule has 4 nitrogen and oxygen atoms in total. The van der Waals surface area contributed by atoms with Gasteiger partial charge in [-0.2, -0.15) is 5.26 Å². The van der Waals surface area contributed by atoms with Gasteiger partial charge in [0.2, 0.25) is 0 Å². The van der Waals surface area contributed by atoms with Crippen molar-refractivity contribution in [1.82, 2.24) is 4.90 Å². The number of guanidine groups is 1. The van der Waals surface area contributed by atoms with Crippen LogP contribution in [0.2, 0.25) is 0 Å². The van der Waals surface area contributed by atoms with Crippen LogP contribution in [0.1, 0.15) is 48.3 Å². The van der Waals surface area contributed by atoms with Crippen LogP contribution in [0.15, 0.2) is 71.6 Å². The monoisotopic (exact) mass is 492 g/mol. The molecule has 0 saturated heterocycles. The third-order valence-corrected chi connectivity index (χ3v) is 7.22. The molecule has 0 radical (unpaired) electrons. The van der Waals surface area contributed by atoms with E-state index in [1.165, 1.54) is 37.3 Å². The van der Waals surface area contributed by atoms with Crippen molar-refractivity contribution in [3.05, 3.63) is 94.0 Å². The molecule has 0 aliphatic heterocycles. The van der Waals surface area contributed by atoms with Crippen LogP contribution in [0.25, 0.3) is 11.1 Å². The standard InChI is InChI=1S/C28H30F2N4S/c1-7-22(20-11-12-23(24(29)14-20)27(2,3)30)28(4,33-26(32)34(5)6)25-15-21(17-35-25)19-10-8-9-18(13-19)16-31/h7-15,17,22H,1H2,2-6H3,(H2,32,33). The highest BCUT2D eigenvalue weighted by Gasteiger charge is 2.38. The van der Waals surface area contributed by atoms with Gasteiger partial charge < -0.3 is 10.6 Å². The van der Waals surface area contributed by atoms with Gasteiger partial charge in [-0.25, -0.2) is 13.8 Å². The first-order chi connectivity index (χ1) is 16.4. The van der Waals surface area contributed by atoms with Crippen molar-refractivity contribution in [2.24, 2.45) is 10.7 Å². The maximum absolute atomic E-state index is 15.0. The van der Waals surface area contributed by atoms with Crippen LogP contribution in [0, 0.1) is 17.1 Å². The molecule has 7 heteroatoms. The molecule has 1 heterocycles. The highest BCUT2D eigenvalue weighted by atomic mass is 32.1. The minimum absolute atomic E-state index is 0.00198. The Kier molecular flexibility index (Phi) is 7.47. The van der Waals surface area contributed by atoms with Gasteiger partial charge in [0.05, 0.1) is 11.6 Å². The molecular formula is C28H30F2N4S. The minimum Gasteiger partial charge on any atom is -0.370 e. The lowest BCUT2D eigenvalue weighted by Gasteiger charge is -2.33. The number of rotatable bonds is 7. The first kappa shape index (κ1) is 26.1. The van der Waals surface area contributed by atoms with Crippen molar-refractivity contribution < 1.29 is 8.78 Å². The van der Waals surface area contributed by atoms with E-state index in [0.717, 1.165) is 16.0 Å². The van der Waals surface area contributed by atoms with E-state index in [1.54, 1.807) is 37.2 Å². The number of hydrogen-bond donors (Lipinski definition) is 1. The van der Waals surface area contributed by atoms with E-state index in [4.69, 9.17) is 10.7 Å². The van der Waals surface area contributed by atoms with Gasteiger partial charge in [0.15, 0.2) is 5.96 Å². The first-order valence-corrected chi connectivity index (χ1v) is 12.0. The fourth-order valence-corrected chi connectivity index (χ4v) is 5.10. The molecule has 0 saturated carbocycles. The second-order valence-corrected chi connectivity index (χ2v) is 10.2. The van der Waals surface area contributed by atoms with Gasteiger partial charge in [-0.05, 0) is 67.1 Å². The molecular weight excluding hydrogens is 462 g/mol. The second kappa shape index (κ2) is 10.0. The normalized spacial score (nSPS) is 14.6. The zero-order chi connectivity index (χ0) is 26.0. The molecule has 35 heavy (non-hydrogen) atoms. The fraction of sp³-hybridized carbons (Fsp3) is 0.286. The Bertz CT molecular complexity index is 1300. The Balaban J connectivity index is 2.17. The summed E-state index contributed by atoms with van der Waals surface area (Å²) in [5.41, 5.74) is 6.57. The molecule has 1 aromatic heterocycles. The van der Waals surface area contributed by atoms with E-state index in [0.29, 0.717) is 17.1 Å². The Morgan fingerprint density at radius 1 is 1.17 bits per heavy atom. The van der Waals surface area contributed by atoms with Crippen molar-refractivity contribution in [3.8, 4) is 17.2 Å². The molecule has 3 aromatic rings. The summed E-state index contributed by atoms with van der Waals surface area (Å²) in [4.78, 5) is 7.47. The fourth-order valence-electron chi connectivity index (χ4n) is 4.03. The molecule has 0 bridgehead atoms. The van der Waals surface area contributed by atoms with Crippen LogP contribution in [0.5, 0.6) is 0 Å². The van der Waals surface area contributed by atoms with Gasteiger partial charge in [0.25, 0.3) is 0 Å². The number of thiophene rings is 1.